The highest BCUT2D eigenvalue weighted by Gasteiger charge is 2.27. The highest BCUT2D eigenvalue weighted by atomic mass is 32.1. The molecule has 4 nitrogen and oxygen atoms in total. The number of anilines is 1. The molecule has 0 bridgehead atoms. The van der Waals surface area contributed by atoms with E-state index < -0.39 is 11.6 Å². The Bertz CT molecular complexity index is 1080. The van der Waals surface area contributed by atoms with Crippen molar-refractivity contribution in [3.63, 3.8) is 0 Å². The Hall–Kier alpha value is -2.38. The second kappa shape index (κ2) is 8.40. The smallest absolute Gasteiger partial charge is 0.233 e. The number of halogens is 2. The van der Waals surface area contributed by atoms with Crippen LogP contribution < -0.4 is 4.90 Å². The van der Waals surface area contributed by atoms with Crippen LogP contribution in [0.15, 0.2) is 24.3 Å². The fraction of sp³-hybridized carbons (Fsp3) is 0.391. The van der Waals surface area contributed by atoms with Crippen molar-refractivity contribution in [2.45, 2.75) is 46.1 Å². The van der Waals surface area contributed by atoms with Crippen molar-refractivity contribution in [1.82, 2.24) is 4.98 Å². The molecule has 1 aliphatic rings. The standard InChI is InChI=1S/C23H24F2N2O2S/c1-13-7-14(2)18(15(3)8-13)11-21(28)27(12-17-5-4-6-29-17)23-26-22-19(25)9-16(24)10-20(22)30-23/h7-10,17H,4-6,11-12H2,1-3H3. The van der Waals surface area contributed by atoms with Crippen molar-refractivity contribution in [2.75, 3.05) is 18.1 Å². The van der Waals surface area contributed by atoms with Crippen molar-refractivity contribution >= 4 is 32.6 Å². The summed E-state index contributed by atoms with van der Waals surface area (Å²) in [5.41, 5.74) is 4.36. The Morgan fingerprint density at radius 3 is 2.60 bits per heavy atom. The molecule has 1 atom stereocenters. The van der Waals surface area contributed by atoms with Gasteiger partial charge in [-0.05, 0) is 56.4 Å². The molecule has 0 saturated carbocycles. The number of hydrogen-bond acceptors (Lipinski definition) is 4. The van der Waals surface area contributed by atoms with Crippen LogP contribution in [0.3, 0.4) is 0 Å². The summed E-state index contributed by atoms with van der Waals surface area (Å²) < 4.78 is 34.0. The van der Waals surface area contributed by atoms with E-state index in [1.165, 1.54) is 6.07 Å². The molecule has 158 valence electrons. The summed E-state index contributed by atoms with van der Waals surface area (Å²) in [6.07, 6.45) is 1.95. The molecule has 0 radical (unpaired) electrons. The Labute approximate surface area is 178 Å². The van der Waals surface area contributed by atoms with Crippen molar-refractivity contribution in [3.05, 3.63) is 58.2 Å². The van der Waals surface area contributed by atoms with Crippen LogP contribution in [0.1, 0.15) is 35.1 Å². The molecule has 1 amide bonds. The molecule has 1 fully saturated rings. The first kappa shape index (κ1) is 20.9. The Kier molecular flexibility index (Phi) is 5.84. The van der Waals surface area contributed by atoms with Crippen molar-refractivity contribution in [1.29, 1.82) is 0 Å². The van der Waals surface area contributed by atoms with Gasteiger partial charge in [0.05, 0.1) is 23.8 Å². The summed E-state index contributed by atoms with van der Waals surface area (Å²) in [6, 6.07) is 6.20. The van der Waals surface area contributed by atoms with Crippen molar-refractivity contribution in [3.8, 4) is 0 Å². The summed E-state index contributed by atoms with van der Waals surface area (Å²) in [5.74, 6) is -1.50. The number of carbonyl (C=O) groups is 1. The van der Waals surface area contributed by atoms with Gasteiger partial charge in [0, 0.05) is 12.7 Å². The molecule has 1 unspecified atom stereocenters. The van der Waals surface area contributed by atoms with E-state index in [0.29, 0.717) is 23.0 Å². The minimum absolute atomic E-state index is 0.0808. The van der Waals surface area contributed by atoms with E-state index in [9.17, 15) is 13.6 Å². The number of carbonyl (C=O) groups excluding carboxylic acids is 1. The summed E-state index contributed by atoms with van der Waals surface area (Å²) in [4.78, 5) is 19.3. The zero-order valence-electron chi connectivity index (χ0n) is 17.3. The predicted molar refractivity (Wildman–Crippen MR) is 115 cm³/mol. The second-order valence-corrected chi connectivity index (χ2v) is 8.93. The first-order valence-electron chi connectivity index (χ1n) is 10.1. The molecule has 3 aromatic rings. The van der Waals surface area contributed by atoms with E-state index in [4.69, 9.17) is 4.74 Å². The molecule has 2 aromatic carbocycles. The van der Waals surface area contributed by atoms with Crippen molar-refractivity contribution < 1.29 is 18.3 Å². The fourth-order valence-electron chi connectivity index (χ4n) is 4.07. The molecule has 0 spiro atoms. The van der Waals surface area contributed by atoms with Gasteiger partial charge >= 0.3 is 0 Å². The molecule has 4 rings (SSSR count). The topological polar surface area (TPSA) is 42.4 Å². The lowest BCUT2D eigenvalue weighted by Crippen LogP contribution is -2.38. The zero-order chi connectivity index (χ0) is 21.4. The van der Waals surface area contributed by atoms with E-state index in [1.807, 2.05) is 20.8 Å². The van der Waals surface area contributed by atoms with E-state index in [0.717, 1.165) is 52.5 Å². The van der Waals surface area contributed by atoms with Gasteiger partial charge < -0.3 is 4.74 Å². The van der Waals surface area contributed by atoms with E-state index in [1.54, 1.807) is 4.90 Å². The molecular formula is C23H24F2N2O2S. The number of aryl methyl sites for hydroxylation is 3. The molecule has 0 aliphatic carbocycles. The quantitative estimate of drug-likeness (QED) is 0.555. The third kappa shape index (κ3) is 4.23. The Morgan fingerprint density at radius 1 is 1.20 bits per heavy atom. The SMILES string of the molecule is Cc1cc(C)c(CC(=O)N(CC2CCCO2)c2nc3c(F)cc(F)cc3s2)c(C)c1. The van der Waals surface area contributed by atoms with E-state index in [2.05, 4.69) is 17.1 Å². The van der Waals surface area contributed by atoms with Crippen LogP contribution in [0.2, 0.25) is 0 Å². The maximum Gasteiger partial charge on any atom is 0.233 e. The van der Waals surface area contributed by atoms with Crippen LogP contribution in [-0.4, -0.2) is 30.1 Å². The predicted octanol–water partition coefficient (Wildman–Crippen LogP) is 5.25. The van der Waals surface area contributed by atoms with Crippen LogP contribution in [0.25, 0.3) is 10.2 Å². The Morgan fingerprint density at radius 2 is 1.93 bits per heavy atom. The zero-order valence-corrected chi connectivity index (χ0v) is 18.1. The summed E-state index contributed by atoms with van der Waals surface area (Å²) in [7, 11) is 0. The van der Waals surface area contributed by atoms with Gasteiger partial charge in [0.15, 0.2) is 10.9 Å². The minimum Gasteiger partial charge on any atom is -0.376 e. The fourth-order valence-corrected chi connectivity index (χ4v) is 5.11. The lowest BCUT2D eigenvalue weighted by Gasteiger charge is -2.24. The third-order valence-corrected chi connectivity index (χ3v) is 6.54. The third-order valence-electron chi connectivity index (χ3n) is 5.51. The monoisotopic (exact) mass is 430 g/mol. The number of thiazole rings is 1. The molecule has 1 saturated heterocycles. The molecule has 0 N–H and O–H groups in total. The number of amides is 1. The van der Waals surface area contributed by atoms with Gasteiger partial charge in [-0.15, -0.1) is 0 Å². The number of ether oxygens (including phenoxy) is 1. The van der Waals surface area contributed by atoms with Crippen LogP contribution >= 0.6 is 11.3 Å². The second-order valence-electron chi connectivity index (χ2n) is 7.92. The van der Waals surface area contributed by atoms with Crippen LogP contribution in [0.4, 0.5) is 13.9 Å². The molecule has 1 aliphatic heterocycles. The first-order valence-corrected chi connectivity index (χ1v) is 10.9. The first-order chi connectivity index (χ1) is 14.3. The molecule has 7 heteroatoms. The number of fused-ring (bicyclic) bond motifs is 1. The maximum absolute atomic E-state index is 14.2. The highest BCUT2D eigenvalue weighted by Crippen LogP contribution is 2.32. The largest absolute Gasteiger partial charge is 0.376 e. The van der Waals surface area contributed by atoms with Crippen LogP contribution in [0.5, 0.6) is 0 Å². The average Bonchev–Trinajstić information content (AvgIpc) is 3.32. The van der Waals surface area contributed by atoms with Crippen LogP contribution in [0, 0.1) is 32.4 Å². The lowest BCUT2D eigenvalue weighted by atomic mass is 9.97. The van der Waals surface area contributed by atoms with Gasteiger partial charge in [-0.25, -0.2) is 13.8 Å². The number of benzene rings is 2. The average molecular weight is 431 g/mol. The van der Waals surface area contributed by atoms with Crippen LogP contribution in [-0.2, 0) is 16.0 Å². The molecule has 1 aromatic heterocycles. The lowest BCUT2D eigenvalue weighted by molar-refractivity contribution is -0.118. The Balaban J connectivity index is 1.69. The molecule has 30 heavy (non-hydrogen) atoms. The number of nitrogens with zero attached hydrogens (tertiary/aromatic N) is 2. The summed E-state index contributed by atoms with van der Waals surface area (Å²) >= 11 is 1.13. The number of rotatable bonds is 5. The van der Waals surface area contributed by atoms with Gasteiger partial charge in [-0.1, -0.05) is 29.0 Å². The van der Waals surface area contributed by atoms with Crippen molar-refractivity contribution in [2.24, 2.45) is 0 Å². The summed E-state index contributed by atoms with van der Waals surface area (Å²) in [5, 5.41) is 0.373. The molecular weight excluding hydrogens is 406 g/mol. The van der Waals surface area contributed by atoms with Gasteiger partial charge in [-0.3, -0.25) is 9.69 Å². The number of hydrogen-bond donors (Lipinski definition) is 0. The van der Waals surface area contributed by atoms with Gasteiger partial charge in [0.25, 0.3) is 0 Å². The van der Waals surface area contributed by atoms with Gasteiger partial charge in [0.1, 0.15) is 11.3 Å². The minimum atomic E-state index is -0.720. The molecule has 2 heterocycles. The van der Waals surface area contributed by atoms with E-state index in [-0.39, 0.29) is 23.9 Å². The van der Waals surface area contributed by atoms with Gasteiger partial charge in [0.2, 0.25) is 5.91 Å². The van der Waals surface area contributed by atoms with Gasteiger partial charge in [-0.2, -0.15) is 0 Å². The number of aromatic nitrogens is 1. The maximum atomic E-state index is 14.2. The summed E-state index contributed by atoms with van der Waals surface area (Å²) in [6.45, 7) is 7.06. The highest BCUT2D eigenvalue weighted by molar-refractivity contribution is 7.22. The van der Waals surface area contributed by atoms with E-state index >= 15 is 0 Å². The normalized spacial score (nSPS) is 16.4.